The van der Waals surface area contributed by atoms with E-state index in [1.807, 2.05) is 6.92 Å². The molecule has 3 atom stereocenters. The molecule has 3 rings (SSSR count). The van der Waals surface area contributed by atoms with Crippen molar-refractivity contribution >= 4 is 5.78 Å². The molecule has 1 aliphatic carbocycles. The molecule has 0 radical (unpaired) electrons. The second-order valence-corrected chi connectivity index (χ2v) is 6.66. The molecule has 3 nitrogen and oxygen atoms in total. The van der Waals surface area contributed by atoms with E-state index in [1.165, 1.54) is 19.3 Å². The number of rotatable bonds is 2. The van der Waals surface area contributed by atoms with E-state index >= 15 is 0 Å². The first-order valence-electron chi connectivity index (χ1n) is 7.99. The lowest BCUT2D eigenvalue weighted by molar-refractivity contribution is -0.147. The van der Waals surface area contributed by atoms with Crippen molar-refractivity contribution in [3.8, 4) is 0 Å². The lowest BCUT2D eigenvalue weighted by atomic mass is 9.73. The third-order valence-electron chi connectivity index (χ3n) is 5.40. The van der Waals surface area contributed by atoms with Gasteiger partial charge in [-0.05, 0) is 39.0 Å². The van der Waals surface area contributed by atoms with Crippen LogP contribution in [0.4, 0.5) is 0 Å². The maximum absolute atomic E-state index is 12.7. The summed E-state index contributed by atoms with van der Waals surface area (Å²) < 4.78 is 11.7. The SMILES string of the molecule is CC1OCCC1C(=O)C1CCOC2(CCCCC2)C1. The van der Waals surface area contributed by atoms with Crippen LogP contribution in [0.1, 0.15) is 58.3 Å². The highest BCUT2D eigenvalue weighted by Gasteiger charge is 2.43. The summed E-state index contributed by atoms with van der Waals surface area (Å²) in [6.45, 7) is 3.58. The third-order valence-corrected chi connectivity index (χ3v) is 5.40. The second-order valence-electron chi connectivity index (χ2n) is 6.66. The summed E-state index contributed by atoms with van der Waals surface area (Å²) >= 11 is 0. The van der Waals surface area contributed by atoms with E-state index in [4.69, 9.17) is 9.47 Å². The molecule has 0 aromatic carbocycles. The van der Waals surface area contributed by atoms with Gasteiger partial charge in [-0.1, -0.05) is 19.3 Å². The molecule has 3 unspecified atom stereocenters. The highest BCUT2D eigenvalue weighted by molar-refractivity contribution is 5.84. The third kappa shape index (κ3) is 2.73. The van der Waals surface area contributed by atoms with E-state index in [0.29, 0.717) is 5.78 Å². The van der Waals surface area contributed by atoms with Gasteiger partial charge in [-0.15, -0.1) is 0 Å². The topological polar surface area (TPSA) is 35.5 Å². The van der Waals surface area contributed by atoms with Crippen LogP contribution in [0.3, 0.4) is 0 Å². The maximum atomic E-state index is 12.7. The predicted molar refractivity (Wildman–Crippen MR) is 73.0 cm³/mol. The Morgan fingerprint density at radius 3 is 2.58 bits per heavy atom. The second kappa shape index (κ2) is 5.53. The van der Waals surface area contributed by atoms with Gasteiger partial charge < -0.3 is 9.47 Å². The monoisotopic (exact) mass is 266 g/mol. The molecule has 1 spiro atoms. The highest BCUT2D eigenvalue weighted by Crippen LogP contribution is 2.42. The number of hydrogen-bond donors (Lipinski definition) is 0. The van der Waals surface area contributed by atoms with Crippen molar-refractivity contribution in [1.29, 1.82) is 0 Å². The fourth-order valence-corrected chi connectivity index (χ4v) is 4.22. The fraction of sp³-hybridized carbons (Fsp3) is 0.938. The number of ether oxygens (including phenoxy) is 2. The van der Waals surface area contributed by atoms with E-state index < -0.39 is 0 Å². The van der Waals surface area contributed by atoms with Gasteiger partial charge in [-0.2, -0.15) is 0 Å². The van der Waals surface area contributed by atoms with Gasteiger partial charge in [0.1, 0.15) is 5.78 Å². The van der Waals surface area contributed by atoms with Crippen molar-refractivity contribution in [1.82, 2.24) is 0 Å². The lowest BCUT2D eigenvalue weighted by Gasteiger charge is -2.43. The Morgan fingerprint density at radius 2 is 1.89 bits per heavy atom. The van der Waals surface area contributed by atoms with Crippen molar-refractivity contribution in [2.24, 2.45) is 11.8 Å². The minimum absolute atomic E-state index is 0.0412. The molecule has 1 saturated carbocycles. The van der Waals surface area contributed by atoms with Gasteiger partial charge >= 0.3 is 0 Å². The molecular weight excluding hydrogens is 240 g/mol. The van der Waals surface area contributed by atoms with Crippen LogP contribution in [-0.4, -0.2) is 30.7 Å². The van der Waals surface area contributed by atoms with Gasteiger partial charge in [0, 0.05) is 25.0 Å². The molecule has 0 aromatic heterocycles. The molecule has 3 aliphatic rings. The highest BCUT2D eigenvalue weighted by atomic mass is 16.5. The van der Waals surface area contributed by atoms with Gasteiger partial charge in [0.15, 0.2) is 0 Å². The van der Waals surface area contributed by atoms with Crippen molar-refractivity contribution in [2.75, 3.05) is 13.2 Å². The standard InChI is InChI=1S/C16H26O3/c1-12-14(6-9-18-12)15(17)13-5-10-19-16(11-13)7-3-2-4-8-16/h12-14H,2-11H2,1H3. The summed E-state index contributed by atoms with van der Waals surface area (Å²) in [5.41, 5.74) is 0.0412. The van der Waals surface area contributed by atoms with Crippen LogP contribution in [0.2, 0.25) is 0 Å². The van der Waals surface area contributed by atoms with Gasteiger partial charge in [0.2, 0.25) is 0 Å². The zero-order valence-electron chi connectivity index (χ0n) is 12.0. The smallest absolute Gasteiger partial charge is 0.141 e. The average Bonchev–Trinajstić information content (AvgIpc) is 2.85. The normalized spacial score (nSPS) is 38.5. The Hall–Kier alpha value is -0.410. The minimum Gasteiger partial charge on any atom is -0.378 e. The Morgan fingerprint density at radius 1 is 1.11 bits per heavy atom. The van der Waals surface area contributed by atoms with Gasteiger partial charge in [0.25, 0.3) is 0 Å². The van der Waals surface area contributed by atoms with E-state index in [-0.39, 0.29) is 23.5 Å². The van der Waals surface area contributed by atoms with Crippen LogP contribution in [0.15, 0.2) is 0 Å². The number of ketones is 1. The molecule has 19 heavy (non-hydrogen) atoms. The zero-order chi connectivity index (χ0) is 13.3. The first kappa shape index (κ1) is 13.6. The van der Waals surface area contributed by atoms with Crippen LogP contribution in [-0.2, 0) is 14.3 Å². The predicted octanol–water partition coefficient (Wildman–Crippen LogP) is 3.11. The molecule has 3 heteroatoms. The quantitative estimate of drug-likeness (QED) is 0.770. The van der Waals surface area contributed by atoms with Crippen molar-refractivity contribution in [3.05, 3.63) is 0 Å². The van der Waals surface area contributed by atoms with Gasteiger partial charge in [-0.25, -0.2) is 0 Å². The summed E-state index contributed by atoms with van der Waals surface area (Å²) in [5, 5.41) is 0. The van der Waals surface area contributed by atoms with Gasteiger partial charge in [0.05, 0.1) is 11.7 Å². The molecule has 108 valence electrons. The van der Waals surface area contributed by atoms with E-state index in [2.05, 4.69) is 0 Å². The molecule has 3 fully saturated rings. The van der Waals surface area contributed by atoms with Crippen molar-refractivity contribution < 1.29 is 14.3 Å². The fourth-order valence-electron chi connectivity index (χ4n) is 4.22. The zero-order valence-corrected chi connectivity index (χ0v) is 12.0. The molecule has 2 saturated heterocycles. The van der Waals surface area contributed by atoms with Crippen molar-refractivity contribution in [2.45, 2.75) is 70.0 Å². The van der Waals surface area contributed by atoms with E-state index in [0.717, 1.165) is 45.3 Å². The summed E-state index contributed by atoms with van der Waals surface area (Å²) in [6, 6.07) is 0. The molecule has 2 heterocycles. The van der Waals surface area contributed by atoms with E-state index in [1.54, 1.807) is 0 Å². The summed E-state index contributed by atoms with van der Waals surface area (Å²) in [4.78, 5) is 12.7. The Balaban J connectivity index is 1.65. The number of hydrogen-bond acceptors (Lipinski definition) is 3. The van der Waals surface area contributed by atoms with Crippen LogP contribution in [0.25, 0.3) is 0 Å². The Labute approximate surface area is 116 Å². The van der Waals surface area contributed by atoms with Gasteiger partial charge in [-0.3, -0.25) is 4.79 Å². The van der Waals surface area contributed by atoms with E-state index in [9.17, 15) is 4.79 Å². The number of carbonyl (C=O) groups excluding carboxylic acids is 1. The molecule has 0 bridgehead atoms. The van der Waals surface area contributed by atoms with Crippen LogP contribution in [0.5, 0.6) is 0 Å². The van der Waals surface area contributed by atoms with Crippen molar-refractivity contribution in [3.63, 3.8) is 0 Å². The lowest BCUT2D eigenvalue weighted by Crippen LogP contribution is -2.45. The van der Waals surface area contributed by atoms with Crippen LogP contribution in [0, 0.1) is 11.8 Å². The maximum Gasteiger partial charge on any atom is 0.141 e. The minimum atomic E-state index is 0.0412. The molecular formula is C16H26O3. The number of Topliss-reactive ketones (excluding diaryl/α,β-unsaturated/α-hetero) is 1. The van der Waals surface area contributed by atoms with Crippen LogP contribution < -0.4 is 0 Å². The molecule has 0 N–H and O–H groups in total. The first-order valence-corrected chi connectivity index (χ1v) is 7.99. The number of carbonyl (C=O) groups is 1. The Kier molecular flexibility index (Phi) is 3.95. The molecule has 2 aliphatic heterocycles. The van der Waals surface area contributed by atoms with Crippen LogP contribution >= 0.6 is 0 Å². The largest absolute Gasteiger partial charge is 0.378 e. The summed E-state index contributed by atoms with van der Waals surface area (Å²) in [5.74, 6) is 0.822. The summed E-state index contributed by atoms with van der Waals surface area (Å²) in [7, 11) is 0. The molecule has 0 aromatic rings. The molecule has 0 amide bonds. The first-order chi connectivity index (χ1) is 9.20. The summed E-state index contributed by atoms with van der Waals surface area (Å²) in [6.07, 6.45) is 9.12. The average molecular weight is 266 g/mol. The Bertz CT molecular complexity index is 327.